The number of rotatable bonds is 3. The Morgan fingerprint density at radius 3 is 2.79 bits per heavy atom. The molecule has 0 aliphatic carbocycles. The fourth-order valence-corrected chi connectivity index (χ4v) is 1.27. The van der Waals surface area contributed by atoms with E-state index in [0.29, 0.717) is 5.56 Å². The molecule has 1 atom stereocenters. The zero-order valence-electron chi connectivity index (χ0n) is 7.67. The van der Waals surface area contributed by atoms with Crippen LogP contribution in [0.5, 0.6) is 0 Å². The van der Waals surface area contributed by atoms with E-state index in [1.807, 2.05) is 0 Å². The van der Waals surface area contributed by atoms with Crippen LogP contribution in [0.3, 0.4) is 0 Å². The number of nitrogens with zero attached hydrogens (tertiary/aromatic N) is 1. The number of halogens is 3. The molecule has 0 saturated heterocycles. The van der Waals surface area contributed by atoms with Gasteiger partial charge in [-0.15, -0.1) is 0 Å². The lowest BCUT2D eigenvalue weighted by atomic mass is 9.95. The summed E-state index contributed by atoms with van der Waals surface area (Å²) in [5, 5.41) is 0.285. The average molecular weight is 221 g/mol. The van der Waals surface area contributed by atoms with Gasteiger partial charge < -0.3 is 5.73 Å². The van der Waals surface area contributed by atoms with Crippen LogP contribution in [0.15, 0.2) is 18.3 Å². The topological polar surface area (TPSA) is 38.9 Å². The molecule has 0 aliphatic heterocycles. The number of pyridine rings is 1. The minimum Gasteiger partial charge on any atom is -0.320 e. The molecule has 14 heavy (non-hydrogen) atoms. The van der Waals surface area contributed by atoms with E-state index >= 15 is 0 Å². The molecule has 1 aromatic heterocycles. The summed E-state index contributed by atoms with van der Waals surface area (Å²) in [5.74, 6) is 0. The van der Waals surface area contributed by atoms with Gasteiger partial charge in [-0.3, -0.25) is 0 Å². The Kier molecular flexibility index (Phi) is 3.39. The fraction of sp³-hybridized carbons (Fsp3) is 0.444. The van der Waals surface area contributed by atoms with Gasteiger partial charge in [0.05, 0.1) is 5.54 Å². The van der Waals surface area contributed by atoms with Gasteiger partial charge in [0.2, 0.25) is 0 Å². The van der Waals surface area contributed by atoms with Crippen LogP contribution in [-0.4, -0.2) is 16.9 Å². The van der Waals surface area contributed by atoms with Crippen molar-refractivity contribution in [3.63, 3.8) is 0 Å². The van der Waals surface area contributed by atoms with Crippen LogP contribution in [0.4, 0.5) is 8.78 Å². The summed E-state index contributed by atoms with van der Waals surface area (Å²) < 4.78 is 24.9. The molecule has 0 radical (unpaired) electrons. The van der Waals surface area contributed by atoms with Crippen molar-refractivity contribution in [3.05, 3.63) is 29.0 Å². The van der Waals surface area contributed by atoms with Gasteiger partial charge in [-0.25, -0.2) is 13.8 Å². The third-order valence-electron chi connectivity index (χ3n) is 1.87. The van der Waals surface area contributed by atoms with Crippen molar-refractivity contribution >= 4 is 11.6 Å². The van der Waals surface area contributed by atoms with Crippen LogP contribution in [0.25, 0.3) is 0 Å². The molecule has 1 unspecified atom stereocenters. The van der Waals surface area contributed by atoms with Crippen molar-refractivity contribution in [1.82, 2.24) is 4.98 Å². The summed E-state index contributed by atoms with van der Waals surface area (Å²) in [6.07, 6.45) is -1.01. The molecule has 0 bridgehead atoms. The monoisotopic (exact) mass is 220 g/mol. The smallest absolute Gasteiger partial charge is 0.256 e. The second-order valence-corrected chi connectivity index (χ2v) is 3.86. The maximum absolute atomic E-state index is 12.4. The van der Waals surface area contributed by atoms with Gasteiger partial charge >= 0.3 is 0 Å². The van der Waals surface area contributed by atoms with Crippen molar-refractivity contribution in [2.24, 2.45) is 5.73 Å². The third-order valence-corrected chi connectivity index (χ3v) is 2.08. The predicted octanol–water partition coefficient (Wildman–Crippen LogP) is 2.26. The molecule has 5 heteroatoms. The van der Waals surface area contributed by atoms with Crippen LogP contribution in [0.2, 0.25) is 5.15 Å². The van der Waals surface area contributed by atoms with E-state index in [1.165, 1.54) is 19.2 Å². The fourth-order valence-electron chi connectivity index (χ4n) is 1.07. The lowest BCUT2D eigenvalue weighted by Crippen LogP contribution is -2.45. The Morgan fingerprint density at radius 1 is 1.64 bits per heavy atom. The minimum absolute atomic E-state index is 0.0763. The number of hydrogen-bond donors (Lipinski definition) is 1. The van der Waals surface area contributed by atoms with Gasteiger partial charge in [0.15, 0.2) is 0 Å². The summed E-state index contributed by atoms with van der Waals surface area (Å²) in [7, 11) is 0. The van der Waals surface area contributed by atoms with E-state index in [2.05, 4.69) is 4.98 Å². The van der Waals surface area contributed by atoms with Crippen molar-refractivity contribution < 1.29 is 8.78 Å². The molecule has 2 nitrogen and oxygen atoms in total. The predicted molar refractivity (Wildman–Crippen MR) is 51.5 cm³/mol. The Balaban J connectivity index is 2.78. The summed E-state index contributed by atoms with van der Waals surface area (Å²) in [6, 6.07) is 3.16. The van der Waals surface area contributed by atoms with E-state index < -0.39 is 12.0 Å². The first-order valence-corrected chi connectivity index (χ1v) is 4.47. The highest BCUT2D eigenvalue weighted by Gasteiger charge is 2.30. The van der Waals surface area contributed by atoms with Gasteiger partial charge in [-0.05, 0) is 31.0 Å². The van der Waals surface area contributed by atoms with Gasteiger partial charge in [-0.1, -0.05) is 11.6 Å². The highest BCUT2D eigenvalue weighted by atomic mass is 35.5. The van der Waals surface area contributed by atoms with Crippen LogP contribution < -0.4 is 5.73 Å². The highest BCUT2D eigenvalue weighted by Crippen LogP contribution is 2.19. The molecule has 0 aliphatic rings. The maximum atomic E-state index is 12.4. The molecule has 0 saturated carbocycles. The quantitative estimate of drug-likeness (QED) is 0.794. The first kappa shape index (κ1) is 11.3. The number of aromatic nitrogens is 1. The largest absolute Gasteiger partial charge is 0.320 e. The molecule has 0 amide bonds. The first-order valence-electron chi connectivity index (χ1n) is 4.09. The van der Waals surface area contributed by atoms with Crippen LogP contribution in [0.1, 0.15) is 12.5 Å². The van der Waals surface area contributed by atoms with E-state index in [0.717, 1.165) is 0 Å². The third kappa shape index (κ3) is 2.89. The molecule has 78 valence electrons. The molecular formula is C9H11ClF2N2. The molecule has 2 N–H and O–H groups in total. The van der Waals surface area contributed by atoms with Gasteiger partial charge in [0.1, 0.15) is 5.15 Å². The van der Waals surface area contributed by atoms with Crippen molar-refractivity contribution in [2.45, 2.75) is 25.3 Å². The van der Waals surface area contributed by atoms with E-state index in [4.69, 9.17) is 17.3 Å². The zero-order chi connectivity index (χ0) is 10.8. The Labute approximate surface area is 86.1 Å². The molecular weight excluding hydrogens is 210 g/mol. The van der Waals surface area contributed by atoms with E-state index in [1.54, 1.807) is 6.07 Å². The number of hydrogen-bond acceptors (Lipinski definition) is 2. The molecule has 0 aromatic carbocycles. The first-order chi connectivity index (χ1) is 6.42. The van der Waals surface area contributed by atoms with Gasteiger partial charge in [-0.2, -0.15) is 0 Å². The minimum atomic E-state index is -2.56. The van der Waals surface area contributed by atoms with Crippen LogP contribution in [0, 0.1) is 0 Å². The van der Waals surface area contributed by atoms with Gasteiger partial charge in [0.25, 0.3) is 6.43 Å². The molecule has 1 heterocycles. The average Bonchev–Trinajstić information content (AvgIpc) is 2.02. The van der Waals surface area contributed by atoms with E-state index in [9.17, 15) is 8.78 Å². The SMILES string of the molecule is CC(N)(Cc1ccnc(Cl)c1)C(F)F. The van der Waals surface area contributed by atoms with E-state index in [-0.39, 0.29) is 11.6 Å². The normalized spacial score (nSPS) is 15.6. The lowest BCUT2D eigenvalue weighted by Gasteiger charge is -2.23. The number of nitrogens with two attached hydrogens (primary N) is 1. The Morgan fingerprint density at radius 2 is 2.29 bits per heavy atom. The zero-order valence-corrected chi connectivity index (χ0v) is 8.43. The second kappa shape index (κ2) is 4.19. The summed E-state index contributed by atoms with van der Waals surface area (Å²) in [5.41, 5.74) is 4.57. The van der Waals surface area contributed by atoms with Crippen molar-refractivity contribution in [3.8, 4) is 0 Å². The number of alkyl halides is 2. The van der Waals surface area contributed by atoms with Crippen LogP contribution in [-0.2, 0) is 6.42 Å². The van der Waals surface area contributed by atoms with Crippen molar-refractivity contribution in [2.75, 3.05) is 0 Å². The van der Waals surface area contributed by atoms with Crippen molar-refractivity contribution in [1.29, 1.82) is 0 Å². The molecule has 0 fully saturated rings. The molecule has 0 spiro atoms. The molecule has 1 aromatic rings. The summed E-state index contributed by atoms with van der Waals surface area (Å²) in [4.78, 5) is 3.75. The van der Waals surface area contributed by atoms with Crippen LogP contribution >= 0.6 is 11.6 Å². The maximum Gasteiger partial charge on any atom is 0.256 e. The Bertz CT molecular complexity index is 315. The summed E-state index contributed by atoms with van der Waals surface area (Å²) >= 11 is 5.61. The Hall–Kier alpha value is -0.740. The standard InChI is InChI=1S/C9H11ClF2N2/c1-9(13,8(11)12)5-6-2-3-14-7(10)4-6/h2-4,8H,5,13H2,1H3. The lowest BCUT2D eigenvalue weighted by molar-refractivity contribution is 0.0639. The highest BCUT2D eigenvalue weighted by molar-refractivity contribution is 6.29. The second-order valence-electron chi connectivity index (χ2n) is 3.47. The van der Waals surface area contributed by atoms with Gasteiger partial charge in [0, 0.05) is 6.20 Å². The molecule has 1 rings (SSSR count). The summed E-state index contributed by atoms with van der Waals surface area (Å²) in [6.45, 7) is 1.31.